The summed E-state index contributed by atoms with van der Waals surface area (Å²) in [5.74, 6) is -0.0990. The van der Waals surface area contributed by atoms with Crippen LogP contribution in [0, 0.1) is 37.0 Å². The highest BCUT2D eigenvalue weighted by Gasteiger charge is 2.43. The van der Waals surface area contributed by atoms with Crippen LogP contribution in [0.1, 0.15) is 17.5 Å². The summed E-state index contributed by atoms with van der Waals surface area (Å²) in [5, 5.41) is 13.4. The zero-order valence-electron chi connectivity index (χ0n) is 15.2. The van der Waals surface area contributed by atoms with Gasteiger partial charge in [-0.1, -0.05) is 0 Å². The van der Waals surface area contributed by atoms with Gasteiger partial charge in [-0.05, 0) is 60.5 Å². The van der Waals surface area contributed by atoms with Gasteiger partial charge in [-0.15, -0.1) is 0 Å². The van der Waals surface area contributed by atoms with Crippen LogP contribution in [-0.4, -0.2) is 15.9 Å². The highest BCUT2D eigenvalue weighted by Crippen LogP contribution is 2.39. The van der Waals surface area contributed by atoms with Crippen molar-refractivity contribution in [3.63, 3.8) is 0 Å². The lowest BCUT2D eigenvalue weighted by molar-refractivity contribution is -0.117. The van der Waals surface area contributed by atoms with Gasteiger partial charge in [-0.2, -0.15) is 5.26 Å². The van der Waals surface area contributed by atoms with Gasteiger partial charge in [-0.3, -0.25) is 9.78 Å². The zero-order valence-corrected chi connectivity index (χ0v) is 15.2. The van der Waals surface area contributed by atoms with Crippen molar-refractivity contribution in [3.8, 4) is 17.2 Å². The number of nitrogens with one attached hydrogen (secondary N) is 1. The van der Waals surface area contributed by atoms with Crippen molar-refractivity contribution in [1.29, 1.82) is 5.26 Å². The molecule has 1 aliphatic rings. The van der Waals surface area contributed by atoms with E-state index in [1.54, 1.807) is 12.4 Å². The van der Waals surface area contributed by atoms with Gasteiger partial charge in [-0.25, -0.2) is 4.98 Å². The molecule has 134 valence electrons. The van der Waals surface area contributed by atoms with Crippen molar-refractivity contribution in [2.75, 3.05) is 11.1 Å². The number of fused-ring (bicyclic) bond motifs is 1. The highest BCUT2D eigenvalue weighted by atomic mass is 16.2. The molecule has 6 nitrogen and oxygen atoms in total. The van der Waals surface area contributed by atoms with Crippen molar-refractivity contribution >= 4 is 28.2 Å². The summed E-state index contributed by atoms with van der Waals surface area (Å²) in [6.45, 7) is 4.03. The minimum absolute atomic E-state index is 0.156. The van der Waals surface area contributed by atoms with E-state index in [1.165, 1.54) is 0 Å². The summed E-state index contributed by atoms with van der Waals surface area (Å²) in [6.07, 6.45) is 5.90. The van der Waals surface area contributed by atoms with E-state index in [1.807, 2.05) is 32.2 Å². The molecular weight excluding hydrogens is 338 g/mol. The number of carbonyl (C=O) groups is 1. The molecule has 2 heterocycles. The van der Waals surface area contributed by atoms with E-state index in [4.69, 9.17) is 11.0 Å². The van der Waals surface area contributed by atoms with Gasteiger partial charge >= 0.3 is 0 Å². The third kappa shape index (κ3) is 2.97. The van der Waals surface area contributed by atoms with Gasteiger partial charge in [0.15, 0.2) is 0 Å². The van der Waals surface area contributed by atoms with Crippen LogP contribution in [0.2, 0.25) is 0 Å². The Hall–Kier alpha value is -3.46. The van der Waals surface area contributed by atoms with Crippen LogP contribution in [0.15, 0.2) is 36.8 Å². The summed E-state index contributed by atoms with van der Waals surface area (Å²) in [6, 6.07) is 7.97. The Bertz CT molecular complexity index is 1120. The molecular formula is C21H19N5O. The molecule has 2 atom stereocenters. The van der Waals surface area contributed by atoms with Gasteiger partial charge < -0.3 is 11.1 Å². The number of nitriles is 1. The molecule has 1 amide bonds. The van der Waals surface area contributed by atoms with E-state index in [2.05, 4.69) is 27.4 Å². The van der Waals surface area contributed by atoms with Crippen molar-refractivity contribution in [2.24, 2.45) is 11.8 Å². The molecule has 0 aliphatic heterocycles. The Balaban J connectivity index is 1.75. The summed E-state index contributed by atoms with van der Waals surface area (Å²) < 4.78 is 0. The Kier molecular flexibility index (Phi) is 4.00. The van der Waals surface area contributed by atoms with Crippen molar-refractivity contribution in [2.45, 2.75) is 20.3 Å². The number of hydrogen-bond acceptors (Lipinski definition) is 5. The van der Waals surface area contributed by atoms with Gasteiger partial charge in [0.25, 0.3) is 0 Å². The van der Waals surface area contributed by atoms with Crippen LogP contribution >= 0.6 is 0 Å². The molecule has 3 aromatic rings. The van der Waals surface area contributed by atoms with Crippen molar-refractivity contribution < 1.29 is 4.79 Å². The number of aromatic nitrogens is 2. The first-order valence-corrected chi connectivity index (χ1v) is 8.80. The first-order chi connectivity index (χ1) is 13.0. The molecule has 0 unspecified atom stereocenters. The van der Waals surface area contributed by atoms with Gasteiger partial charge in [0.2, 0.25) is 5.91 Å². The summed E-state index contributed by atoms with van der Waals surface area (Å²) in [4.78, 5) is 20.8. The third-order valence-corrected chi connectivity index (χ3v) is 5.21. The van der Waals surface area contributed by atoms with Crippen LogP contribution in [0.4, 0.5) is 11.5 Å². The molecule has 0 spiro atoms. The molecule has 0 radical (unpaired) electrons. The van der Waals surface area contributed by atoms with E-state index in [-0.39, 0.29) is 17.7 Å². The number of carbonyl (C=O) groups excluding carboxylic acids is 1. The molecule has 3 N–H and O–H groups in total. The summed E-state index contributed by atoms with van der Waals surface area (Å²) in [7, 11) is 0. The lowest BCUT2D eigenvalue weighted by Crippen LogP contribution is -2.15. The first kappa shape index (κ1) is 17.0. The number of pyridine rings is 2. The first-order valence-electron chi connectivity index (χ1n) is 8.80. The van der Waals surface area contributed by atoms with Crippen LogP contribution in [0.3, 0.4) is 0 Å². The fraction of sp³-hybridized carbons (Fsp3) is 0.238. The molecule has 27 heavy (non-hydrogen) atoms. The second-order valence-electron chi connectivity index (χ2n) is 7.01. The molecule has 1 aliphatic carbocycles. The second kappa shape index (κ2) is 6.36. The fourth-order valence-electron chi connectivity index (χ4n) is 3.37. The zero-order chi connectivity index (χ0) is 19.1. The quantitative estimate of drug-likeness (QED) is 0.697. The average molecular weight is 357 g/mol. The summed E-state index contributed by atoms with van der Waals surface area (Å²) in [5.41, 5.74) is 11.2. The minimum atomic E-state index is -0.232. The number of anilines is 2. The standard InChI is InChI=1S/C21H19N5O/c1-11-3-4-24-9-17(11)15-5-13-7-19(25-10-18(13)20(23)12(15)2)26-21(27)16-6-14(16)8-22/h3-5,7,9-10,14,16H,6,23H2,1-2H3,(H,25,26,27)/t14-,16+/m0/s1. The number of nitrogens with two attached hydrogens (primary N) is 1. The maximum atomic E-state index is 12.2. The topological polar surface area (TPSA) is 105 Å². The van der Waals surface area contributed by atoms with E-state index in [0.717, 1.165) is 33.0 Å². The molecule has 6 heteroatoms. The normalized spacial score (nSPS) is 18.1. The smallest absolute Gasteiger partial charge is 0.230 e. The van der Waals surface area contributed by atoms with E-state index in [9.17, 15) is 4.79 Å². The van der Waals surface area contributed by atoms with Gasteiger partial charge in [0, 0.05) is 35.2 Å². The average Bonchev–Trinajstić information content (AvgIpc) is 3.45. The third-order valence-electron chi connectivity index (χ3n) is 5.21. The number of hydrogen-bond donors (Lipinski definition) is 2. The number of benzene rings is 1. The molecule has 2 aromatic heterocycles. The van der Waals surface area contributed by atoms with Crippen molar-refractivity contribution in [3.05, 3.63) is 47.9 Å². The minimum Gasteiger partial charge on any atom is -0.398 e. The Morgan fingerprint density at radius 3 is 2.81 bits per heavy atom. The maximum Gasteiger partial charge on any atom is 0.230 e. The van der Waals surface area contributed by atoms with Crippen LogP contribution in [0.25, 0.3) is 21.9 Å². The Labute approximate surface area is 157 Å². The van der Waals surface area contributed by atoms with Crippen LogP contribution < -0.4 is 11.1 Å². The number of amides is 1. The molecule has 4 rings (SSSR count). The number of aryl methyl sites for hydroxylation is 1. The Morgan fingerprint density at radius 2 is 2.11 bits per heavy atom. The largest absolute Gasteiger partial charge is 0.398 e. The molecule has 1 fully saturated rings. The molecule has 0 bridgehead atoms. The molecule has 1 saturated carbocycles. The van der Waals surface area contributed by atoms with E-state index < -0.39 is 0 Å². The monoisotopic (exact) mass is 357 g/mol. The van der Waals surface area contributed by atoms with Crippen molar-refractivity contribution in [1.82, 2.24) is 9.97 Å². The van der Waals surface area contributed by atoms with E-state index >= 15 is 0 Å². The number of rotatable bonds is 3. The van der Waals surface area contributed by atoms with E-state index in [0.29, 0.717) is 17.9 Å². The molecule has 0 saturated heterocycles. The Morgan fingerprint density at radius 1 is 1.30 bits per heavy atom. The predicted octanol–water partition coefficient (Wildman–Crippen LogP) is 3.59. The van der Waals surface area contributed by atoms with Crippen LogP contribution in [-0.2, 0) is 4.79 Å². The fourth-order valence-corrected chi connectivity index (χ4v) is 3.37. The highest BCUT2D eigenvalue weighted by molar-refractivity contribution is 6.01. The number of nitrogen functional groups attached to an aromatic ring is 1. The SMILES string of the molecule is Cc1ccncc1-c1cc2cc(NC(=O)[C@@H]3C[C@H]3C#N)ncc2c(N)c1C. The second-order valence-corrected chi connectivity index (χ2v) is 7.01. The molecule has 1 aromatic carbocycles. The number of nitrogens with zero attached hydrogens (tertiary/aromatic N) is 3. The maximum absolute atomic E-state index is 12.2. The lowest BCUT2D eigenvalue weighted by atomic mass is 9.94. The summed E-state index contributed by atoms with van der Waals surface area (Å²) >= 11 is 0. The lowest BCUT2D eigenvalue weighted by Gasteiger charge is -2.14. The predicted molar refractivity (Wildman–Crippen MR) is 105 cm³/mol. The van der Waals surface area contributed by atoms with Crippen LogP contribution in [0.5, 0.6) is 0 Å². The van der Waals surface area contributed by atoms with Gasteiger partial charge in [0.05, 0.1) is 17.9 Å². The van der Waals surface area contributed by atoms with Gasteiger partial charge in [0.1, 0.15) is 5.82 Å².